The zero-order valence-electron chi connectivity index (χ0n) is 20.2. The summed E-state index contributed by atoms with van der Waals surface area (Å²) in [7, 11) is 0. The average Bonchev–Trinajstić information content (AvgIpc) is 3.54. The molecule has 2 fully saturated rings. The Kier molecular flexibility index (Phi) is 6.57. The molecule has 8 nitrogen and oxygen atoms in total. The molecule has 35 heavy (non-hydrogen) atoms. The number of hydrogen-bond acceptors (Lipinski definition) is 5. The molecule has 1 aromatic heterocycles. The van der Waals surface area contributed by atoms with Crippen molar-refractivity contribution in [2.24, 2.45) is 0 Å². The quantitative estimate of drug-likeness (QED) is 0.550. The predicted octanol–water partition coefficient (Wildman–Crippen LogP) is 4.19. The van der Waals surface area contributed by atoms with Crippen molar-refractivity contribution in [3.05, 3.63) is 66.0 Å². The Morgan fingerprint density at radius 3 is 2.54 bits per heavy atom. The molecule has 3 aromatic rings. The van der Waals surface area contributed by atoms with Gasteiger partial charge in [0, 0.05) is 44.5 Å². The molecule has 0 N–H and O–H groups in total. The fraction of sp³-hybridized carbons (Fsp3) is 0.423. The number of benzene rings is 2. The van der Waals surface area contributed by atoms with Crippen LogP contribution in [0.3, 0.4) is 0 Å². The summed E-state index contributed by atoms with van der Waals surface area (Å²) in [6.07, 6.45) is 3.57. The van der Waals surface area contributed by atoms with Crippen molar-refractivity contribution >= 4 is 11.7 Å². The van der Waals surface area contributed by atoms with Gasteiger partial charge < -0.3 is 19.4 Å². The summed E-state index contributed by atoms with van der Waals surface area (Å²) in [6, 6.07) is 12.7. The summed E-state index contributed by atoms with van der Waals surface area (Å²) in [5, 5.41) is 4.41. The second-order valence-corrected chi connectivity index (χ2v) is 8.98. The van der Waals surface area contributed by atoms with Gasteiger partial charge in [0.25, 0.3) is 0 Å². The molecular weight excluding hydrogens is 447 g/mol. The third kappa shape index (κ3) is 4.80. The third-order valence-electron chi connectivity index (χ3n) is 6.77. The highest BCUT2D eigenvalue weighted by molar-refractivity contribution is 5.76. The second-order valence-electron chi connectivity index (χ2n) is 8.98. The molecular formula is C26H31FN6O2. The van der Waals surface area contributed by atoms with Crippen LogP contribution in [-0.4, -0.2) is 69.9 Å². The highest BCUT2D eigenvalue weighted by Crippen LogP contribution is 2.34. The second kappa shape index (κ2) is 9.93. The van der Waals surface area contributed by atoms with Gasteiger partial charge in [0.05, 0.1) is 12.6 Å². The number of aromatic nitrogens is 3. The number of anilines is 1. The SMILES string of the molecule is CCOc1cc(N2CCN(C(=O)N3CCCC3c3ccc(F)cc3)CC2)ccc1-n1cnc(C)n1. The highest BCUT2D eigenvalue weighted by Gasteiger charge is 2.34. The van der Waals surface area contributed by atoms with E-state index in [1.54, 1.807) is 23.1 Å². The molecule has 0 spiro atoms. The minimum absolute atomic E-state index is 0.0165. The van der Waals surface area contributed by atoms with Gasteiger partial charge in [-0.25, -0.2) is 18.9 Å². The number of piperazine rings is 1. The van der Waals surface area contributed by atoms with Crippen molar-refractivity contribution in [3.8, 4) is 11.4 Å². The summed E-state index contributed by atoms with van der Waals surface area (Å²) in [4.78, 5) is 23.8. The Bertz CT molecular complexity index is 1170. The Balaban J connectivity index is 1.25. The van der Waals surface area contributed by atoms with E-state index < -0.39 is 0 Å². The van der Waals surface area contributed by atoms with Gasteiger partial charge in [-0.15, -0.1) is 0 Å². The minimum atomic E-state index is -0.252. The number of hydrogen-bond donors (Lipinski definition) is 0. The topological polar surface area (TPSA) is 66.7 Å². The van der Waals surface area contributed by atoms with Crippen molar-refractivity contribution < 1.29 is 13.9 Å². The molecule has 0 radical (unpaired) electrons. The largest absolute Gasteiger partial charge is 0.492 e. The molecule has 2 saturated heterocycles. The maximum absolute atomic E-state index is 13.4. The fourth-order valence-corrected chi connectivity index (χ4v) is 4.99. The van der Waals surface area contributed by atoms with E-state index in [9.17, 15) is 9.18 Å². The average molecular weight is 479 g/mol. The normalized spacial score (nSPS) is 18.3. The first kappa shape index (κ1) is 23.1. The monoisotopic (exact) mass is 478 g/mol. The summed E-state index contributed by atoms with van der Waals surface area (Å²) in [6.45, 7) is 7.90. The number of nitrogens with zero attached hydrogens (tertiary/aromatic N) is 6. The first-order valence-corrected chi connectivity index (χ1v) is 12.2. The Hall–Kier alpha value is -3.62. The van der Waals surface area contributed by atoms with Crippen molar-refractivity contribution in [2.75, 3.05) is 44.2 Å². The van der Waals surface area contributed by atoms with E-state index in [1.807, 2.05) is 35.8 Å². The number of urea groups is 1. The Morgan fingerprint density at radius 2 is 1.86 bits per heavy atom. The summed E-state index contributed by atoms with van der Waals surface area (Å²) >= 11 is 0. The molecule has 184 valence electrons. The van der Waals surface area contributed by atoms with Gasteiger partial charge in [0.2, 0.25) is 0 Å². The van der Waals surface area contributed by atoms with Crippen LogP contribution in [0, 0.1) is 12.7 Å². The molecule has 2 amide bonds. The maximum atomic E-state index is 13.4. The molecule has 3 heterocycles. The van der Waals surface area contributed by atoms with Crippen molar-refractivity contribution in [2.45, 2.75) is 32.7 Å². The van der Waals surface area contributed by atoms with E-state index in [4.69, 9.17) is 4.74 Å². The Labute approximate surface area is 204 Å². The summed E-state index contributed by atoms with van der Waals surface area (Å²) < 4.78 is 21.0. The maximum Gasteiger partial charge on any atom is 0.320 e. The van der Waals surface area contributed by atoms with Crippen LogP contribution in [0.2, 0.25) is 0 Å². The molecule has 0 saturated carbocycles. The minimum Gasteiger partial charge on any atom is -0.492 e. The standard InChI is InChI=1S/C26H31FN6O2/c1-3-35-25-17-22(10-11-24(25)33-18-28-19(2)29-33)30-13-15-31(16-14-30)26(34)32-12-4-5-23(32)20-6-8-21(27)9-7-20/h6-11,17-18,23H,3-5,12-16H2,1-2H3. The smallest absolute Gasteiger partial charge is 0.320 e. The molecule has 2 aliphatic heterocycles. The number of amides is 2. The lowest BCUT2D eigenvalue weighted by Gasteiger charge is -2.39. The van der Waals surface area contributed by atoms with E-state index in [2.05, 4.69) is 21.0 Å². The van der Waals surface area contributed by atoms with E-state index in [0.29, 0.717) is 25.5 Å². The molecule has 1 unspecified atom stereocenters. The van der Waals surface area contributed by atoms with Crippen LogP contribution < -0.4 is 9.64 Å². The van der Waals surface area contributed by atoms with E-state index in [1.165, 1.54) is 12.1 Å². The molecule has 5 rings (SSSR count). The molecule has 0 bridgehead atoms. The van der Waals surface area contributed by atoms with Crippen LogP contribution in [0.5, 0.6) is 5.75 Å². The summed E-state index contributed by atoms with van der Waals surface area (Å²) in [5.74, 6) is 1.21. The zero-order chi connectivity index (χ0) is 24.4. The zero-order valence-corrected chi connectivity index (χ0v) is 20.2. The number of carbonyl (C=O) groups is 1. The van der Waals surface area contributed by atoms with E-state index in [-0.39, 0.29) is 17.9 Å². The van der Waals surface area contributed by atoms with Gasteiger partial charge in [-0.1, -0.05) is 12.1 Å². The van der Waals surface area contributed by atoms with Crippen LogP contribution in [0.1, 0.15) is 37.2 Å². The molecule has 0 aliphatic carbocycles. The number of rotatable bonds is 5. The van der Waals surface area contributed by atoms with Gasteiger partial charge in [0.1, 0.15) is 29.4 Å². The number of carbonyl (C=O) groups excluding carboxylic acids is 1. The first-order valence-electron chi connectivity index (χ1n) is 12.2. The first-order chi connectivity index (χ1) is 17.0. The van der Waals surface area contributed by atoms with Gasteiger partial charge in [0.15, 0.2) is 0 Å². The van der Waals surface area contributed by atoms with E-state index in [0.717, 1.165) is 55.2 Å². The number of halogens is 1. The van der Waals surface area contributed by atoms with Crippen LogP contribution in [0.15, 0.2) is 48.8 Å². The van der Waals surface area contributed by atoms with Gasteiger partial charge >= 0.3 is 6.03 Å². The highest BCUT2D eigenvalue weighted by atomic mass is 19.1. The van der Waals surface area contributed by atoms with Crippen LogP contribution in [-0.2, 0) is 0 Å². The van der Waals surface area contributed by atoms with E-state index >= 15 is 0 Å². The number of ether oxygens (including phenoxy) is 1. The lowest BCUT2D eigenvalue weighted by atomic mass is 10.0. The lowest BCUT2D eigenvalue weighted by Crippen LogP contribution is -2.52. The van der Waals surface area contributed by atoms with Crippen molar-refractivity contribution in [1.82, 2.24) is 24.6 Å². The number of aryl methyl sites for hydroxylation is 1. The van der Waals surface area contributed by atoms with Gasteiger partial charge in [-0.05, 0) is 56.5 Å². The molecule has 2 aromatic carbocycles. The number of likely N-dealkylation sites (tertiary alicyclic amines) is 1. The fourth-order valence-electron chi connectivity index (χ4n) is 4.99. The summed E-state index contributed by atoms with van der Waals surface area (Å²) in [5.41, 5.74) is 2.92. The lowest BCUT2D eigenvalue weighted by molar-refractivity contribution is 0.145. The van der Waals surface area contributed by atoms with Crippen molar-refractivity contribution in [3.63, 3.8) is 0 Å². The van der Waals surface area contributed by atoms with Crippen LogP contribution in [0.4, 0.5) is 14.9 Å². The Morgan fingerprint density at radius 1 is 1.09 bits per heavy atom. The molecule has 1 atom stereocenters. The third-order valence-corrected chi connectivity index (χ3v) is 6.77. The van der Waals surface area contributed by atoms with Crippen molar-refractivity contribution in [1.29, 1.82) is 0 Å². The van der Waals surface area contributed by atoms with Crippen LogP contribution >= 0.6 is 0 Å². The van der Waals surface area contributed by atoms with Crippen LogP contribution in [0.25, 0.3) is 5.69 Å². The molecule has 9 heteroatoms. The van der Waals surface area contributed by atoms with Gasteiger partial charge in [-0.3, -0.25) is 0 Å². The predicted molar refractivity (Wildman–Crippen MR) is 132 cm³/mol. The molecule has 2 aliphatic rings. The van der Waals surface area contributed by atoms with Gasteiger partial charge in [-0.2, -0.15) is 5.10 Å².